The molecule has 1 spiro atoms. The SMILES string of the molecule is CCN1C[C@]2(O)CC[C@@H](OC)[C@]34[C@@H]2C[C@H]([C@@H]13)[C@@]1(O)C[C@H](OC)[C@@H]2C[C@@H]4[C@]1(O)[C@@H]2OC. The Balaban J connectivity index is 1.63. The number of rotatable bonds is 4. The molecule has 3 N–H and O–H groups in total. The molecule has 170 valence electrons. The van der Waals surface area contributed by atoms with Crippen molar-refractivity contribution in [2.45, 2.75) is 80.2 Å². The summed E-state index contributed by atoms with van der Waals surface area (Å²) in [6.45, 7) is 3.62. The molecule has 7 heteroatoms. The van der Waals surface area contributed by atoms with E-state index in [9.17, 15) is 15.3 Å². The summed E-state index contributed by atoms with van der Waals surface area (Å²) in [6, 6.07) is 0.0974. The molecule has 6 rings (SSSR count). The number of methoxy groups -OCH3 is 3. The number of hydrogen-bond donors (Lipinski definition) is 3. The van der Waals surface area contributed by atoms with E-state index in [4.69, 9.17) is 14.2 Å². The third-order valence-corrected chi connectivity index (χ3v) is 10.9. The van der Waals surface area contributed by atoms with Crippen LogP contribution in [0.1, 0.15) is 39.0 Å². The normalized spacial score (nSPS) is 63.3. The molecule has 30 heavy (non-hydrogen) atoms. The second kappa shape index (κ2) is 5.99. The van der Waals surface area contributed by atoms with Gasteiger partial charge in [-0.1, -0.05) is 6.92 Å². The van der Waals surface area contributed by atoms with E-state index in [1.54, 1.807) is 21.3 Å². The first-order valence-corrected chi connectivity index (χ1v) is 11.8. The molecular formula is C23H37NO6. The highest BCUT2D eigenvalue weighted by Gasteiger charge is 2.88. The fraction of sp³-hybridized carbons (Fsp3) is 1.00. The Kier molecular flexibility index (Phi) is 4.06. The number of likely N-dealkylation sites (N-methyl/N-ethyl adjacent to an activating group) is 1. The monoisotopic (exact) mass is 423 g/mol. The third kappa shape index (κ3) is 1.80. The Morgan fingerprint density at radius 2 is 1.77 bits per heavy atom. The van der Waals surface area contributed by atoms with Crippen molar-refractivity contribution >= 4 is 0 Å². The van der Waals surface area contributed by atoms with Crippen LogP contribution in [-0.4, -0.2) is 95.8 Å². The van der Waals surface area contributed by atoms with Gasteiger partial charge < -0.3 is 29.5 Å². The summed E-state index contributed by atoms with van der Waals surface area (Å²) in [6.07, 6.45) is 2.77. The molecule has 7 bridgehead atoms. The minimum atomic E-state index is -1.34. The molecule has 5 aliphatic carbocycles. The zero-order valence-corrected chi connectivity index (χ0v) is 18.6. The minimum absolute atomic E-state index is 0.0300. The maximum absolute atomic E-state index is 12.4. The van der Waals surface area contributed by atoms with E-state index in [1.807, 2.05) is 0 Å². The lowest BCUT2D eigenvalue weighted by Crippen LogP contribution is -2.83. The lowest BCUT2D eigenvalue weighted by atomic mass is 9.44. The molecule has 0 amide bonds. The number of ether oxygens (including phenoxy) is 3. The minimum Gasteiger partial charge on any atom is -0.388 e. The first-order valence-electron chi connectivity index (χ1n) is 11.8. The van der Waals surface area contributed by atoms with Gasteiger partial charge in [-0.05, 0) is 38.1 Å². The van der Waals surface area contributed by atoms with Gasteiger partial charge in [0.2, 0.25) is 0 Å². The topological polar surface area (TPSA) is 91.6 Å². The number of piperidine rings is 1. The van der Waals surface area contributed by atoms with E-state index in [1.165, 1.54) is 0 Å². The lowest BCUT2D eigenvalue weighted by molar-refractivity contribution is -0.338. The van der Waals surface area contributed by atoms with E-state index >= 15 is 0 Å². The fourth-order valence-electron chi connectivity index (χ4n) is 10.3. The molecule has 0 unspecified atom stereocenters. The summed E-state index contributed by atoms with van der Waals surface area (Å²) in [7, 11) is 5.13. The van der Waals surface area contributed by atoms with Crippen LogP contribution in [0, 0.1) is 29.1 Å². The molecule has 5 saturated carbocycles. The van der Waals surface area contributed by atoms with Crippen LogP contribution < -0.4 is 0 Å². The highest BCUT2D eigenvalue weighted by atomic mass is 16.5. The van der Waals surface area contributed by atoms with Crippen molar-refractivity contribution in [2.75, 3.05) is 34.4 Å². The van der Waals surface area contributed by atoms with Crippen LogP contribution in [0.2, 0.25) is 0 Å². The Hall–Kier alpha value is -0.280. The van der Waals surface area contributed by atoms with Gasteiger partial charge in [0.05, 0.1) is 23.9 Å². The molecule has 0 aromatic carbocycles. The zero-order valence-electron chi connectivity index (χ0n) is 18.6. The van der Waals surface area contributed by atoms with Crippen molar-refractivity contribution in [3.05, 3.63) is 0 Å². The lowest BCUT2D eigenvalue weighted by Gasteiger charge is -2.70. The number of β-amino-alcohol motifs (C(OH)–C–C–N with tert-alkyl or cyclic N) is 1. The molecule has 1 aliphatic heterocycles. The molecule has 0 aromatic rings. The van der Waals surface area contributed by atoms with E-state index in [-0.39, 0.29) is 47.3 Å². The van der Waals surface area contributed by atoms with Crippen molar-refractivity contribution < 1.29 is 29.5 Å². The summed E-state index contributed by atoms with van der Waals surface area (Å²) >= 11 is 0. The quantitative estimate of drug-likeness (QED) is 0.603. The summed E-state index contributed by atoms with van der Waals surface area (Å²) in [5.41, 5.74) is -3.81. The van der Waals surface area contributed by atoms with Gasteiger partial charge >= 0.3 is 0 Å². The largest absolute Gasteiger partial charge is 0.388 e. The van der Waals surface area contributed by atoms with Gasteiger partial charge in [-0.15, -0.1) is 0 Å². The third-order valence-electron chi connectivity index (χ3n) is 10.9. The van der Waals surface area contributed by atoms with E-state index < -0.39 is 22.9 Å². The van der Waals surface area contributed by atoms with Crippen LogP contribution in [0.3, 0.4) is 0 Å². The van der Waals surface area contributed by atoms with Crippen molar-refractivity contribution in [1.82, 2.24) is 4.90 Å². The molecule has 0 radical (unpaired) electrons. The average Bonchev–Trinajstić information content (AvgIpc) is 3.16. The summed E-state index contributed by atoms with van der Waals surface area (Å²) in [4.78, 5) is 2.40. The van der Waals surface area contributed by atoms with Crippen molar-refractivity contribution in [2.24, 2.45) is 29.1 Å². The second-order valence-corrected chi connectivity index (χ2v) is 11.1. The van der Waals surface area contributed by atoms with Crippen molar-refractivity contribution in [3.63, 3.8) is 0 Å². The van der Waals surface area contributed by atoms with Crippen LogP contribution in [0.4, 0.5) is 0 Å². The highest BCUT2D eigenvalue weighted by Crippen LogP contribution is 2.78. The number of aliphatic hydroxyl groups is 3. The van der Waals surface area contributed by atoms with E-state index in [0.29, 0.717) is 13.0 Å². The van der Waals surface area contributed by atoms with Crippen molar-refractivity contribution in [1.29, 1.82) is 0 Å². The van der Waals surface area contributed by atoms with Crippen LogP contribution in [0.25, 0.3) is 0 Å². The maximum Gasteiger partial charge on any atom is 0.124 e. The highest BCUT2D eigenvalue weighted by molar-refractivity contribution is 5.38. The summed E-state index contributed by atoms with van der Waals surface area (Å²) in [5.74, 6) is -0.262. The molecule has 1 heterocycles. The molecule has 1 saturated heterocycles. The number of hydrogen-bond acceptors (Lipinski definition) is 7. The Morgan fingerprint density at radius 1 is 1.00 bits per heavy atom. The van der Waals surface area contributed by atoms with Gasteiger partial charge in [-0.3, -0.25) is 4.90 Å². The zero-order chi connectivity index (χ0) is 21.3. The Labute approximate surface area is 178 Å². The summed E-state index contributed by atoms with van der Waals surface area (Å²) < 4.78 is 18.0. The molecule has 0 aromatic heterocycles. The Bertz CT molecular complexity index is 751. The first kappa shape index (κ1) is 20.3. The molecular weight excluding hydrogens is 386 g/mol. The van der Waals surface area contributed by atoms with E-state index in [2.05, 4.69) is 11.8 Å². The predicted molar refractivity (Wildman–Crippen MR) is 108 cm³/mol. The molecule has 6 fully saturated rings. The maximum atomic E-state index is 12.4. The van der Waals surface area contributed by atoms with Crippen LogP contribution in [0.5, 0.6) is 0 Å². The smallest absolute Gasteiger partial charge is 0.124 e. The van der Waals surface area contributed by atoms with Gasteiger partial charge in [0.25, 0.3) is 0 Å². The predicted octanol–water partition coefficient (Wildman–Crippen LogP) is 0.399. The van der Waals surface area contributed by atoms with Crippen LogP contribution in [-0.2, 0) is 14.2 Å². The van der Waals surface area contributed by atoms with Gasteiger partial charge in [-0.2, -0.15) is 0 Å². The van der Waals surface area contributed by atoms with Crippen molar-refractivity contribution in [3.8, 4) is 0 Å². The van der Waals surface area contributed by atoms with E-state index in [0.717, 1.165) is 32.2 Å². The standard InChI is InChI=1S/C23H37NO6/c1-5-24-11-20(25)7-6-17(29-3)22-15(20)9-13(18(22)24)21(26)10-14(28-2)12-8-16(22)23(21,27)19(12)30-4/h12-19,25-27H,5-11H2,1-4H3/t12-,13+,14-,15+,16-,17+,18+,19+,20+,21-,22+,23-/m0/s1. The first-order chi connectivity index (χ1) is 14.3. The number of likely N-dealkylation sites (tertiary alicyclic amines) is 1. The second-order valence-electron chi connectivity index (χ2n) is 11.1. The van der Waals surface area contributed by atoms with Gasteiger partial charge in [0.1, 0.15) is 11.2 Å². The molecule has 7 nitrogen and oxygen atoms in total. The average molecular weight is 424 g/mol. The number of nitrogens with zero attached hydrogens (tertiary/aromatic N) is 1. The van der Waals surface area contributed by atoms with Crippen LogP contribution in [0.15, 0.2) is 0 Å². The Morgan fingerprint density at radius 3 is 2.40 bits per heavy atom. The fourth-order valence-corrected chi connectivity index (χ4v) is 10.3. The molecule has 6 aliphatic rings. The van der Waals surface area contributed by atoms with Crippen LogP contribution >= 0.6 is 0 Å². The van der Waals surface area contributed by atoms with Gasteiger partial charge in [0, 0.05) is 63.5 Å². The number of fused-ring (bicyclic) bond motifs is 2. The molecule has 12 atom stereocenters. The van der Waals surface area contributed by atoms with Gasteiger partial charge in [0.15, 0.2) is 0 Å². The summed E-state index contributed by atoms with van der Waals surface area (Å²) in [5, 5.41) is 36.8. The van der Waals surface area contributed by atoms with Gasteiger partial charge in [-0.25, -0.2) is 0 Å².